The second-order valence-electron chi connectivity index (χ2n) is 3.48. The number of halogens is 3. The molecule has 0 fully saturated rings. The zero-order chi connectivity index (χ0) is 12.4. The summed E-state index contributed by atoms with van der Waals surface area (Å²) < 4.78 is 39.7. The van der Waals surface area contributed by atoms with E-state index in [0.29, 0.717) is 6.29 Å². The largest absolute Gasteiger partial charge is 0.298 e. The van der Waals surface area contributed by atoms with Crippen LogP contribution in [0.1, 0.15) is 10.4 Å². The predicted molar refractivity (Wildman–Crippen MR) is 57.1 cm³/mol. The fourth-order valence-electron chi connectivity index (χ4n) is 1.51. The van der Waals surface area contributed by atoms with Crippen molar-refractivity contribution < 1.29 is 18.0 Å². The molecule has 0 amide bonds. The molecule has 0 aliphatic carbocycles. The molecule has 0 saturated heterocycles. The highest BCUT2D eigenvalue weighted by Crippen LogP contribution is 2.25. The van der Waals surface area contributed by atoms with Gasteiger partial charge < -0.3 is 0 Å². The van der Waals surface area contributed by atoms with Gasteiger partial charge in [0.05, 0.1) is 5.56 Å². The molecule has 0 saturated carbocycles. The van der Waals surface area contributed by atoms with Gasteiger partial charge in [0.15, 0.2) is 6.29 Å². The van der Waals surface area contributed by atoms with Crippen molar-refractivity contribution in [2.45, 2.75) is 0 Å². The van der Waals surface area contributed by atoms with Gasteiger partial charge >= 0.3 is 0 Å². The molecule has 1 nitrogen and oxygen atoms in total. The smallest absolute Gasteiger partial charge is 0.152 e. The standard InChI is InChI=1S/C13H7F3O/c14-10-3-4-12(15)11(6-10)8-1-2-9(7-17)13(16)5-8/h1-7H. The van der Waals surface area contributed by atoms with Gasteiger partial charge in [0.2, 0.25) is 0 Å². The van der Waals surface area contributed by atoms with Crippen LogP contribution in [-0.4, -0.2) is 6.29 Å². The summed E-state index contributed by atoms with van der Waals surface area (Å²) in [5.41, 5.74) is 0.0250. The minimum absolute atomic E-state index is 0.0404. The van der Waals surface area contributed by atoms with Gasteiger partial charge in [-0.25, -0.2) is 13.2 Å². The Kier molecular flexibility index (Phi) is 2.95. The van der Waals surface area contributed by atoms with Crippen molar-refractivity contribution in [3.8, 4) is 11.1 Å². The van der Waals surface area contributed by atoms with Gasteiger partial charge in [0, 0.05) is 5.56 Å². The highest BCUT2D eigenvalue weighted by Gasteiger charge is 2.09. The van der Waals surface area contributed by atoms with E-state index in [2.05, 4.69) is 0 Å². The molecule has 0 bridgehead atoms. The summed E-state index contributed by atoms with van der Waals surface area (Å²) in [5, 5.41) is 0. The number of hydrogen-bond donors (Lipinski definition) is 0. The average molecular weight is 236 g/mol. The van der Waals surface area contributed by atoms with Gasteiger partial charge in [-0.05, 0) is 35.9 Å². The zero-order valence-corrected chi connectivity index (χ0v) is 8.58. The zero-order valence-electron chi connectivity index (χ0n) is 8.58. The molecule has 2 aromatic carbocycles. The monoisotopic (exact) mass is 236 g/mol. The van der Waals surface area contributed by atoms with Crippen molar-refractivity contribution in [2.24, 2.45) is 0 Å². The third-order valence-electron chi connectivity index (χ3n) is 2.37. The third-order valence-corrected chi connectivity index (χ3v) is 2.37. The van der Waals surface area contributed by atoms with Crippen molar-refractivity contribution in [3.05, 3.63) is 59.4 Å². The van der Waals surface area contributed by atoms with Gasteiger partial charge in [-0.3, -0.25) is 4.79 Å². The van der Waals surface area contributed by atoms with Crippen molar-refractivity contribution in [1.29, 1.82) is 0 Å². The van der Waals surface area contributed by atoms with E-state index in [1.807, 2.05) is 0 Å². The molecule has 86 valence electrons. The summed E-state index contributed by atoms with van der Waals surface area (Å²) in [5.74, 6) is -2.02. The van der Waals surface area contributed by atoms with Crippen molar-refractivity contribution in [2.75, 3.05) is 0 Å². The molecule has 0 atom stereocenters. The molecule has 17 heavy (non-hydrogen) atoms. The van der Waals surface area contributed by atoms with Gasteiger partial charge in [-0.15, -0.1) is 0 Å². The first-order chi connectivity index (χ1) is 8.11. The summed E-state index contributed by atoms with van der Waals surface area (Å²) >= 11 is 0. The lowest BCUT2D eigenvalue weighted by Gasteiger charge is -2.04. The van der Waals surface area contributed by atoms with E-state index in [1.165, 1.54) is 12.1 Å². The SMILES string of the molecule is O=Cc1ccc(-c2cc(F)ccc2F)cc1F. The van der Waals surface area contributed by atoms with Crippen LogP contribution in [-0.2, 0) is 0 Å². The highest BCUT2D eigenvalue weighted by molar-refractivity contribution is 5.77. The first-order valence-electron chi connectivity index (χ1n) is 4.82. The second kappa shape index (κ2) is 4.41. The molecule has 2 aromatic rings. The van der Waals surface area contributed by atoms with Crippen LogP contribution in [0.3, 0.4) is 0 Å². The van der Waals surface area contributed by atoms with Gasteiger partial charge in [-0.2, -0.15) is 0 Å². The fraction of sp³-hybridized carbons (Fsp3) is 0. The number of carbonyl (C=O) groups excluding carboxylic acids is 1. The van der Waals surface area contributed by atoms with Crippen molar-refractivity contribution in [3.63, 3.8) is 0 Å². The summed E-state index contributed by atoms with van der Waals surface area (Å²) in [4.78, 5) is 10.4. The lowest BCUT2D eigenvalue weighted by atomic mass is 10.0. The number of rotatable bonds is 2. The Morgan fingerprint density at radius 3 is 2.29 bits per heavy atom. The molecule has 0 heterocycles. The molecule has 0 N–H and O–H groups in total. The third kappa shape index (κ3) is 2.20. The first kappa shape index (κ1) is 11.4. The van der Waals surface area contributed by atoms with Crippen LogP contribution in [0.4, 0.5) is 13.2 Å². The quantitative estimate of drug-likeness (QED) is 0.728. The molecule has 0 aliphatic rings. The van der Waals surface area contributed by atoms with E-state index in [9.17, 15) is 18.0 Å². The van der Waals surface area contributed by atoms with Crippen molar-refractivity contribution in [1.82, 2.24) is 0 Å². The molecule has 0 aromatic heterocycles. The van der Waals surface area contributed by atoms with E-state index < -0.39 is 17.5 Å². The maximum absolute atomic E-state index is 13.4. The normalized spacial score (nSPS) is 10.3. The van der Waals surface area contributed by atoms with Crippen LogP contribution in [0.2, 0.25) is 0 Å². The van der Waals surface area contributed by atoms with Crippen LogP contribution in [0.25, 0.3) is 11.1 Å². The van der Waals surface area contributed by atoms with E-state index in [4.69, 9.17) is 0 Å². The van der Waals surface area contributed by atoms with E-state index in [1.54, 1.807) is 0 Å². The maximum atomic E-state index is 13.4. The summed E-state index contributed by atoms with van der Waals surface area (Å²) in [6.45, 7) is 0. The minimum atomic E-state index is -0.763. The molecule has 0 radical (unpaired) electrons. The molecule has 0 spiro atoms. The molecule has 0 aliphatic heterocycles. The number of aldehydes is 1. The Bertz CT molecular complexity index is 579. The number of benzene rings is 2. The molecule has 4 heteroatoms. The lowest BCUT2D eigenvalue weighted by Crippen LogP contribution is -1.91. The van der Waals surface area contributed by atoms with E-state index in [-0.39, 0.29) is 16.7 Å². The average Bonchev–Trinajstić information content (AvgIpc) is 2.32. The minimum Gasteiger partial charge on any atom is -0.298 e. The van der Waals surface area contributed by atoms with Gasteiger partial charge in [-0.1, -0.05) is 6.07 Å². The Morgan fingerprint density at radius 2 is 1.65 bits per heavy atom. The Morgan fingerprint density at radius 1 is 0.882 bits per heavy atom. The Hall–Kier alpha value is -2.10. The van der Waals surface area contributed by atoms with Gasteiger partial charge in [0.25, 0.3) is 0 Å². The molecular formula is C13H7F3O. The van der Waals surface area contributed by atoms with E-state index in [0.717, 1.165) is 24.3 Å². The van der Waals surface area contributed by atoms with Crippen LogP contribution < -0.4 is 0 Å². The van der Waals surface area contributed by atoms with Crippen LogP contribution in [0.15, 0.2) is 36.4 Å². The summed E-state index contributed by atoms with van der Waals surface area (Å²) in [7, 11) is 0. The summed E-state index contributed by atoms with van der Waals surface area (Å²) in [6, 6.07) is 6.52. The first-order valence-corrected chi connectivity index (χ1v) is 4.82. The highest BCUT2D eigenvalue weighted by atomic mass is 19.1. The molecule has 0 unspecified atom stereocenters. The lowest BCUT2D eigenvalue weighted by molar-refractivity contribution is 0.112. The fourth-order valence-corrected chi connectivity index (χ4v) is 1.51. The molecule has 2 rings (SSSR count). The molecular weight excluding hydrogens is 229 g/mol. The Balaban J connectivity index is 2.57. The number of hydrogen-bond acceptors (Lipinski definition) is 1. The maximum Gasteiger partial charge on any atom is 0.152 e. The van der Waals surface area contributed by atoms with E-state index >= 15 is 0 Å². The van der Waals surface area contributed by atoms with Crippen LogP contribution in [0.5, 0.6) is 0 Å². The topological polar surface area (TPSA) is 17.1 Å². The second-order valence-corrected chi connectivity index (χ2v) is 3.48. The van der Waals surface area contributed by atoms with Gasteiger partial charge in [0.1, 0.15) is 17.5 Å². The van der Waals surface area contributed by atoms with Crippen LogP contribution >= 0.6 is 0 Å². The van der Waals surface area contributed by atoms with Crippen molar-refractivity contribution >= 4 is 6.29 Å². The van der Waals surface area contributed by atoms with Crippen LogP contribution in [0, 0.1) is 17.5 Å². The Labute approximate surface area is 95.5 Å². The number of carbonyl (C=O) groups is 1. The predicted octanol–water partition coefficient (Wildman–Crippen LogP) is 3.58. The summed E-state index contributed by atoms with van der Waals surface area (Å²) in [6.07, 6.45) is 0.362.